The molecular weight excluding hydrogens is 356 g/mol. The summed E-state index contributed by atoms with van der Waals surface area (Å²) >= 11 is 2.95. The second-order valence-electron chi connectivity index (χ2n) is 6.02. The summed E-state index contributed by atoms with van der Waals surface area (Å²) in [6.07, 6.45) is 1.41. The fraction of sp³-hybridized carbons (Fsp3) is 0.412. The van der Waals surface area contributed by atoms with Gasteiger partial charge in [0, 0.05) is 19.4 Å². The van der Waals surface area contributed by atoms with E-state index in [0.29, 0.717) is 30.0 Å². The van der Waals surface area contributed by atoms with Crippen molar-refractivity contribution < 1.29 is 9.21 Å². The third-order valence-electron chi connectivity index (χ3n) is 3.37. The minimum atomic E-state index is -0.0204. The van der Waals surface area contributed by atoms with Crippen molar-refractivity contribution >= 4 is 39.2 Å². The summed E-state index contributed by atoms with van der Waals surface area (Å²) in [7, 11) is 0. The molecule has 6 nitrogen and oxygen atoms in total. The topological polar surface area (TPSA) is 80.9 Å². The quantitative estimate of drug-likeness (QED) is 0.607. The highest BCUT2D eigenvalue weighted by atomic mass is 32.2. The Morgan fingerprint density at radius 3 is 2.92 bits per heavy atom. The van der Waals surface area contributed by atoms with Crippen molar-refractivity contribution in [2.75, 3.05) is 12.3 Å². The van der Waals surface area contributed by atoms with Gasteiger partial charge < -0.3 is 9.73 Å². The summed E-state index contributed by atoms with van der Waals surface area (Å²) in [4.78, 5) is 16.3. The molecule has 132 valence electrons. The van der Waals surface area contributed by atoms with E-state index in [2.05, 4.69) is 40.4 Å². The molecule has 3 rings (SSSR count). The summed E-state index contributed by atoms with van der Waals surface area (Å²) < 4.78 is 6.78. The molecule has 0 radical (unpaired) electrons. The lowest BCUT2D eigenvalue weighted by atomic mass is 10.2. The van der Waals surface area contributed by atoms with E-state index in [4.69, 9.17) is 4.42 Å². The maximum atomic E-state index is 11.7. The van der Waals surface area contributed by atoms with Crippen LogP contribution in [0.3, 0.4) is 0 Å². The molecule has 1 amide bonds. The van der Waals surface area contributed by atoms with Gasteiger partial charge in [0.2, 0.25) is 11.8 Å². The van der Waals surface area contributed by atoms with E-state index in [1.165, 1.54) is 16.5 Å². The van der Waals surface area contributed by atoms with E-state index in [1.54, 1.807) is 11.3 Å². The van der Waals surface area contributed by atoms with Crippen molar-refractivity contribution in [2.24, 2.45) is 5.92 Å². The number of carbonyl (C=O) groups is 1. The van der Waals surface area contributed by atoms with Crippen LogP contribution in [0.1, 0.15) is 24.7 Å². The van der Waals surface area contributed by atoms with E-state index >= 15 is 0 Å². The van der Waals surface area contributed by atoms with Crippen molar-refractivity contribution in [2.45, 2.75) is 31.9 Å². The van der Waals surface area contributed by atoms with Crippen LogP contribution in [0.15, 0.2) is 33.9 Å². The molecule has 0 aliphatic heterocycles. The molecule has 8 heteroatoms. The number of thioether (sulfide) groups is 1. The van der Waals surface area contributed by atoms with Gasteiger partial charge in [-0.2, -0.15) is 0 Å². The molecule has 0 fully saturated rings. The fourth-order valence-corrected chi connectivity index (χ4v) is 3.71. The lowest BCUT2D eigenvalue weighted by Gasteiger charge is -2.05. The van der Waals surface area contributed by atoms with Crippen LogP contribution in [-0.2, 0) is 17.6 Å². The van der Waals surface area contributed by atoms with Gasteiger partial charge in [0.05, 0.1) is 21.0 Å². The highest BCUT2D eigenvalue weighted by molar-refractivity contribution is 7.99. The van der Waals surface area contributed by atoms with Gasteiger partial charge in [-0.1, -0.05) is 37.7 Å². The summed E-state index contributed by atoms with van der Waals surface area (Å²) in [5, 5.41) is 12.4. The van der Waals surface area contributed by atoms with E-state index in [-0.39, 0.29) is 11.7 Å². The zero-order valence-corrected chi connectivity index (χ0v) is 15.8. The van der Waals surface area contributed by atoms with Crippen molar-refractivity contribution in [3.8, 4) is 0 Å². The second kappa shape index (κ2) is 8.44. The molecule has 0 atom stereocenters. The van der Waals surface area contributed by atoms with Crippen molar-refractivity contribution in [3.63, 3.8) is 0 Å². The largest absolute Gasteiger partial charge is 0.416 e. The van der Waals surface area contributed by atoms with E-state index < -0.39 is 0 Å². The van der Waals surface area contributed by atoms with Gasteiger partial charge in [-0.15, -0.1) is 21.5 Å². The minimum absolute atomic E-state index is 0.0204. The molecule has 1 N–H and O–H groups in total. The standard InChI is InChI=1S/C17H20N4O2S2/c1-11(2)9-18-14(22)10-24-17-21-20-15(23-17)7-8-16-19-12-5-3-4-6-13(12)25-16/h3-6,11H,7-10H2,1-2H3,(H,18,22). The van der Waals surface area contributed by atoms with Crippen molar-refractivity contribution in [1.29, 1.82) is 0 Å². The van der Waals surface area contributed by atoms with Gasteiger partial charge in [0.25, 0.3) is 5.22 Å². The molecule has 0 bridgehead atoms. The molecule has 0 saturated heterocycles. The normalized spacial score (nSPS) is 11.3. The van der Waals surface area contributed by atoms with Gasteiger partial charge in [0.15, 0.2) is 0 Å². The van der Waals surface area contributed by atoms with Crippen LogP contribution in [0, 0.1) is 5.92 Å². The number of hydrogen-bond acceptors (Lipinski definition) is 7. The number of rotatable bonds is 8. The minimum Gasteiger partial charge on any atom is -0.416 e. The Hall–Kier alpha value is -1.93. The summed E-state index contributed by atoms with van der Waals surface area (Å²) in [5.74, 6) is 1.27. The third kappa shape index (κ3) is 5.27. The van der Waals surface area contributed by atoms with Gasteiger partial charge in [-0.05, 0) is 18.1 Å². The number of hydrogen-bond donors (Lipinski definition) is 1. The number of fused-ring (bicyclic) bond motifs is 1. The molecule has 0 aliphatic carbocycles. The van der Waals surface area contributed by atoms with E-state index in [1.807, 2.05) is 18.2 Å². The predicted molar refractivity (Wildman–Crippen MR) is 99.9 cm³/mol. The number of benzene rings is 1. The molecule has 0 saturated carbocycles. The zero-order valence-electron chi connectivity index (χ0n) is 14.2. The first-order valence-corrected chi connectivity index (χ1v) is 9.96. The third-order valence-corrected chi connectivity index (χ3v) is 5.29. The number of thiazole rings is 1. The number of para-hydroxylation sites is 1. The van der Waals surface area contributed by atoms with Gasteiger partial charge in [0.1, 0.15) is 0 Å². The summed E-state index contributed by atoms with van der Waals surface area (Å²) in [6, 6.07) is 8.09. The van der Waals surface area contributed by atoms with Gasteiger partial charge >= 0.3 is 0 Å². The maximum absolute atomic E-state index is 11.7. The molecule has 3 aromatic rings. The molecule has 0 spiro atoms. The van der Waals surface area contributed by atoms with E-state index in [9.17, 15) is 4.79 Å². The number of nitrogens with one attached hydrogen (secondary N) is 1. The Bertz CT molecular complexity index is 811. The summed E-state index contributed by atoms with van der Waals surface area (Å²) in [6.45, 7) is 4.79. The average Bonchev–Trinajstić information content (AvgIpc) is 3.22. The molecule has 2 aromatic heterocycles. The molecular formula is C17H20N4O2S2. The zero-order chi connectivity index (χ0) is 17.6. The Kier molecular flexibility index (Phi) is 6.04. The Balaban J connectivity index is 1.47. The van der Waals surface area contributed by atoms with Crippen LogP contribution in [-0.4, -0.2) is 33.4 Å². The van der Waals surface area contributed by atoms with E-state index in [0.717, 1.165) is 16.9 Å². The number of nitrogens with zero attached hydrogens (tertiary/aromatic N) is 3. The van der Waals surface area contributed by atoms with Crippen LogP contribution in [0.4, 0.5) is 0 Å². The van der Waals surface area contributed by atoms with Gasteiger partial charge in [-0.25, -0.2) is 4.98 Å². The SMILES string of the molecule is CC(C)CNC(=O)CSc1nnc(CCc2nc3ccccc3s2)o1. The molecule has 2 heterocycles. The Morgan fingerprint density at radius 2 is 2.12 bits per heavy atom. The number of aromatic nitrogens is 3. The first kappa shape index (κ1) is 17.9. The maximum Gasteiger partial charge on any atom is 0.277 e. The van der Waals surface area contributed by atoms with Crippen LogP contribution in [0.25, 0.3) is 10.2 Å². The van der Waals surface area contributed by atoms with Crippen molar-refractivity contribution in [1.82, 2.24) is 20.5 Å². The van der Waals surface area contributed by atoms with Crippen LogP contribution < -0.4 is 5.32 Å². The van der Waals surface area contributed by atoms with Crippen LogP contribution in [0.2, 0.25) is 0 Å². The lowest BCUT2D eigenvalue weighted by Crippen LogP contribution is -2.28. The highest BCUT2D eigenvalue weighted by Gasteiger charge is 2.11. The molecule has 0 unspecified atom stereocenters. The lowest BCUT2D eigenvalue weighted by molar-refractivity contribution is -0.118. The fourth-order valence-electron chi connectivity index (χ4n) is 2.13. The first-order chi connectivity index (χ1) is 12.1. The summed E-state index contributed by atoms with van der Waals surface area (Å²) in [5.41, 5.74) is 1.02. The van der Waals surface area contributed by atoms with Crippen molar-refractivity contribution in [3.05, 3.63) is 35.2 Å². The van der Waals surface area contributed by atoms with Crippen LogP contribution in [0.5, 0.6) is 0 Å². The first-order valence-electron chi connectivity index (χ1n) is 8.16. The monoisotopic (exact) mass is 376 g/mol. The Labute approximate surface area is 154 Å². The molecule has 25 heavy (non-hydrogen) atoms. The second-order valence-corrected chi connectivity index (χ2v) is 8.07. The number of carbonyl (C=O) groups excluding carboxylic acids is 1. The van der Waals surface area contributed by atoms with Crippen LogP contribution >= 0.6 is 23.1 Å². The van der Waals surface area contributed by atoms with Gasteiger partial charge in [-0.3, -0.25) is 4.79 Å². The average molecular weight is 377 g/mol. The predicted octanol–water partition coefficient (Wildman–Crippen LogP) is 3.33. The molecule has 1 aromatic carbocycles. The Morgan fingerprint density at radius 1 is 1.28 bits per heavy atom. The number of amides is 1. The smallest absolute Gasteiger partial charge is 0.277 e. The number of aryl methyl sites for hydroxylation is 2. The molecule has 0 aliphatic rings. The highest BCUT2D eigenvalue weighted by Crippen LogP contribution is 2.23.